The fourth-order valence-electron chi connectivity index (χ4n) is 1.91. The van der Waals surface area contributed by atoms with Crippen LogP contribution in [0.25, 0.3) is 10.8 Å². The Morgan fingerprint density at radius 2 is 1.83 bits per heavy atom. The molecule has 3 nitrogen and oxygen atoms in total. The molecule has 0 spiro atoms. The van der Waals surface area contributed by atoms with Crippen molar-refractivity contribution in [1.29, 1.82) is 0 Å². The van der Waals surface area contributed by atoms with E-state index >= 15 is 0 Å². The topological polar surface area (TPSA) is 35.3 Å². The van der Waals surface area contributed by atoms with Crippen LogP contribution in [0, 0.1) is 0 Å². The minimum absolute atomic E-state index is 0.451. The van der Waals surface area contributed by atoms with Gasteiger partial charge in [-0.2, -0.15) is 0 Å². The van der Waals surface area contributed by atoms with Gasteiger partial charge >= 0.3 is 0 Å². The molecule has 0 amide bonds. The Bertz CT molecular complexity index is 632. The average Bonchev–Trinajstić information content (AvgIpc) is 2.92. The van der Waals surface area contributed by atoms with E-state index in [-0.39, 0.29) is 0 Å². The van der Waals surface area contributed by atoms with Gasteiger partial charge in [-0.25, -0.2) is 0 Å². The van der Waals surface area contributed by atoms with Gasteiger partial charge in [0, 0.05) is 6.07 Å². The molecule has 0 saturated carbocycles. The van der Waals surface area contributed by atoms with Crippen molar-refractivity contribution >= 4 is 10.8 Å². The van der Waals surface area contributed by atoms with Crippen molar-refractivity contribution in [3.05, 3.63) is 66.1 Å². The zero-order valence-electron chi connectivity index (χ0n) is 9.87. The maximum Gasteiger partial charge on any atom is 0.162 e. The van der Waals surface area contributed by atoms with E-state index < -0.39 is 0 Å². The summed E-state index contributed by atoms with van der Waals surface area (Å²) in [5.74, 6) is 0.746. The summed E-state index contributed by atoms with van der Waals surface area (Å²) in [4.78, 5) is 0. The number of rotatable bonds is 4. The van der Waals surface area contributed by atoms with Crippen LogP contribution in [0.1, 0.15) is 11.3 Å². The second-order valence-corrected chi connectivity index (χ2v) is 4.15. The highest BCUT2D eigenvalue weighted by Crippen LogP contribution is 2.16. The van der Waals surface area contributed by atoms with E-state index in [0.717, 1.165) is 11.3 Å². The van der Waals surface area contributed by atoms with Gasteiger partial charge in [0.25, 0.3) is 0 Å². The Balaban J connectivity index is 1.67. The molecular weight excluding hydrogens is 226 g/mol. The molecule has 0 aliphatic heterocycles. The zero-order valence-corrected chi connectivity index (χ0v) is 9.87. The molecular formula is C15H13NO2. The van der Waals surface area contributed by atoms with Gasteiger partial charge in [-0.05, 0) is 22.4 Å². The lowest BCUT2D eigenvalue weighted by Gasteiger charge is -2.04. The third-order valence-electron chi connectivity index (χ3n) is 2.82. The molecule has 90 valence electrons. The molecule has 1 heterocycles. The quantitative estimate of drug-likeness (QED) is 0.698. The van der Waals surface area contributed by atoms with Gasteiger partial charge in [0.2, 0.25) is 0 Å². The van der Waals surface area contributed by atoms with Crippen LogP contribution >= 0.6 is 0 Å². The third kappa shape index (κ3) is 2.41. The van der Waals surface area contributed by atoms with E-state index in [0.29, 0.717) is 13.2 Å². The number of hydrogen-bond donors (Lipinski definition) is 0. The molecule has 0 bridgehead atoms. The van der Waals surface area contributed by atoms with Crippen LogP contribution < -0.4 is 0 Å². The van der Waals surface area contributed by atoms with Crippen molar-refractivity contribution in [3.63, 3.8) is 0 Å². The van der Waals surface area contributed by atoms with E-state index in [1.54, 1.807) is 12.3 Å². The highest BCUT2D eigenvalue weighted by Gasteiger charge is 1.99. The van der Waals surface area contributed by atoms with Crippen LogP contribution in [0.4, 0.5) is 0 Å². The molecule has 0 unspecified atom stereocenters. The molecule has 0 saturated heterocycles. The van der Waals surface area contributed by atoms with E-state index in [1.807, 2.05) is 12.1 Å². The van der Waals surface area contributed by atoms with E-state index in [4.69, 9.17) is 9.26 Å². The van der Waals surface area contributed by atoms with Crippen molar-refractivity contribution < 1.29 is 9.26 Å². The van der Waals surface area contributed by atoms with Crippen LogP contribution in [-0.2, 0) is 18.0 Å². The Hall–Kier alpha value is -2.13. The molecule has 3 rings (SSSR count). The highest BCUT2D eigenvalue weighted by molar-refractivity contribution is 5.82. The standard InChI is InChI=1S/C15H13NO2/c1-2-4-14-9-12(5-6-13(14)3-1)10-17-11-15-7-8-16-18-15/h1-9H,10-11H2. The smallest absolute Gasteiger partial charge is 0.162 e. The molecule has 1 aromatic heterocycles. The lowest BCUT2D eigenvalue weighted by atomic mass is 10.1. The number of benzene rings is 2. The number of ether oxygens (including phenoxy) is 1. The predicted molar refractivity (Wildman–Crippen MR) is 68.9 cm³/mol. The van der Waals surface area contributed by atoms with Gasteiger partial charge < -0.3 is 9.26 Å². The normalized spacial score (nSPS) is 10.9. The number of nitrogens with zero attached hydrogens (tertiary/aromatic N) is 1. The van der Waals surface area contributed by atoms with Crippen molar-refractivity contribution in [2.24, 2.45) is 0 Å². The first kappa shape index (κ1) is 11.0. The molecule has 18 heavy (non-hydrogen) atoms. The van der Waals surface area contributed by atoms with E-state index in [1.165, 1.54) is 10.8 Å². The first-order valence-corrected chi connectivity index (χ1v) is 5.87. The molecule has 3 aromatic rings. The summed E-state index contributed by atoms with van der Waals surface area (Å²) in [7, 11) is 0. The molecule has 0 aliphatic carbocycles. The first-order valence-electron chi connectivity index (χ1n) is 5.87. The van der Waals surface area contributed by atoms with Crippen molar-refractivity contribution in [3.8, 4) is 0 Å². The van der Waals surface area contributed by atoms with Crippen LogP contribution in [0.2, 0.25) is 0 Å². The summed E-state index contributed by atoms with van der Waals surface area (Å²) in [5, 5.41) is 6.11. The van der Waals surface area contributed by atoms with Crippen molar-refractivity contribution in [2.45, 2.75) is 13.2 Å². The summed E-state index contributed by atoms with van der Waals surface area (Å²) in [6.45, 7) is 1.03. The molecule has 0 aliphatic rings. The Labute approximate surface area is 105 Å². The predicted octanol–water partition coefficient (Wildman–Crippen LogP) is 3.54. The van der Waals surface area contributed by atoms with Crippen LogP contribution in [0.15, 0.2) is 59.3 Å². The monoisotopic (exact) mass is 239 g/mol. The largest absolute Gasteiger partial charge is 0.369 e. The van der Waals surface area contributed by atoms with E-state index in [9.17, 15) is 0 Å². The maximum absolute atomic E-state index is 5.58. The zero-order chi connectivity index (χ0) is 12.2. The second kappa shape index (κ2) is 5.02. The maximum atomic E-state index is 5.58. The average molecular weight is 239 g/mol. The van der Waals surface area contributed by atoms with Gasteiger partial charge in [0.15, 0.2) is 5.76 Å². The Morgan fingerprint density at radius 1 is 0.944 bits per heavy atom. The SMILES string of the molecule is c1ccc2cc(COCc3ccno3)ccc2c1. The molecule has 0 radical (unpaired) electrons. The molecule has 0 atom stereocenters. The first-order chi connectivity index (χ1) is 8.92. The summed E-state index contributed by atoms with van der Waals surface area (Å²) < 4.78 is 10.5. The number of hydrogen-bond acceptors (Lipinski definition) is 3. The van der Waals surface area contributed by atoms with Gasteiger partial charge in [0.05, 0.1) is 12.8 Å². The highest BCUT2D eigenvalue weighted by atomic mass is 16.5. The molecule has 2 aromatic carbocycles. The van der Waals surface area contributed by atoms with Gasteiger partial charge in [-0.1, -0.05) is 41.6 Å². The fourth-order valence-corrected chi connectivity index (χ4v) is 1.91. The van der Waals surface area contributed by atoms with Crippen molar-refractivity contribution in [2.75, 3.05) is 0 Å². The second-order valence-electron chi connectivity index (χ2n) is 4.15. The van der Waals surface area contributed by atoms with Crippen LogP contribution in [0.5, 0.6) is 0 Å². The summed E-state index contributed by atoms with van der Waals surface area (Å²) in [6, 6.07) is 16.5. The molecule has 0 N–H and O–H groups in total. The molecule has 3 heteroatoms. The summed E-state index contributed by atoms with van der Waals surface area (Å²) in [6.07, 6.45) is 1.62. The lowest BCUT2D eigenvalue weighted by Crippen LogP contribution is -1.93. The minimum atomic E-state index is 0.451. The van der Waals surface area contributed by atoms with Gasteiger partial charge in [-0.15, -0.1) is 0 Å². The fraction of sp³-hybridized carbons (Fsp3) is 0.133. The Morgan fingerprint density at radius 3 is 2.67 bits per heavy atom. The molecule has 0 fully saturated rings. The van der Waals surface area contributed by atoms with Crippen LogP contribution in [0.3, 0.4) is 0 Å². The summed E-state index contributed by atoms with van der Waals surface area (Å²) >= 11 is 0. The van der Waals surface area contributed by atoms with Gasteiger partial charge in [-0.3, -0.25) is 0 Å². The Kier molecular flexibility index (Phi) is 3.07. The summed E-state index contributed by atoms with van der Waals surface area (Å²) in [5.41, 5.74) is 1.16. The third-order valence-corrected chi connectivity index (χ3v) is 2.82. The van der Waals surface area contributed by atoms with E-state index in [2.05, 4.69) is 35.5 Å². The number of aromatic nitrogens is 1. The number of fused-ring (bicyclic) bond motifs is 1. The lowest BCUT2D eigenvalue weighted by molar-refractivity contribution is 0.0884. The minimum Gasteiger partial charge on any atom is -0.369 e. The van der Waals surface area contributed by atoms with Crippen molar-refractivity contribution in [1.82, 2.24) is 5.16 Å². The van der Waals surface area contributed by atoms with Crippen LogP contribution in [-0.4, -0.2) is 5.16 Å². The van der Waals surface area contributed by atoms with Gasteiger partial charge in [0.1, 0.15) is 6.61 Å².